The molecule has 1 N–H and O–H groups in total. The summed E-state index contributed by atoms with van der Waals surface area (Å²) >= 11 is 9.00. The van der Waals surface area contributed by atoms with Crippen LogP contribution in [0.5, 0.6) is 0 Å². The molecule has 0 radical (unpaired) electrons. The molecular formula is C28H29ClN4O2S2. The quantitative estimate of drug-likeness (QED) is 0.198. The third-order valence-electron chi connectivity index (χ3n) is 6.65. The second-order valence-corrected chi connectivity index (χ2v) is 11.4. The average Bonchev–Trinajstić information content (AvgIpc) is 3.29. The molecule has 0 saturated carbocycles. The van der Waals surface area contributed by atoms with Crippen molar-refractivity contribution in [2.75, 3.05) is 29.1 Å². The van der Waals surface area contributed by atoms with E-state index in [1.165, 1.54) is 16.6 Å². The predicted molar refractivity (Wildman–Crippen MR) is 156 cm³/mol. The molecular weight excluding hydrogens is 524 g/mol. The van der Waals surface area contributed by atoms with E-state index in [1.807, 2.05) is 36.4 Å². The summed E-state index contributed by atoms with van der Waals surface area (Å²) in [5.41, 5.74) is 3.62. The Kier molecular flexibility index (Phi) is 7.88. The van der Waals surface area contributed by atoms with Crippen LogP contribution in [0.3, 0.4) is 0 Å². The van der Waals surface area contributed by atoms with Gasteiger partial charge in [0.2, 0.25) is 5.91 Å². The molecule has 0 saturated heterocycles. The lowest BCUT2D eigenvalue weighted by molar-refractivity contribution is -0.113. The highest BCUT2D eigenvalue weighted by Gasteiger charge is 2.23. The van der Waals surface area contributed by atoms with Gasteiger partial charge in [0, 0.05) is 34.4 Å². The average molecular weight is 553 g/mol. The standard InChI is InChI=1S/C28H29ClN4O2S2/c1-3-32(4-2)20-15-11-19(12-16-20)30-24(34)17-36-28-31-26-25(22-7-5-6-8-23(22)37-26)27(35)33(28)21-13-9-18(29)10-14-21/h9-16H,3-8,17H2,1-2H3,(H,30,34). The van der Waals surface area contributed by atoms with Crippen LogP contribution >= 0.6 is 34.7 Å². The van der Waals surface area contributed by atoms with Gasteiger partial charge in [0.05, 0.1) is 16.8 Å². The number of carbonyl (C=O) groups is 1. The van der Waals surface area contributed by atoms with Crippen molar-refractivity contribution in [1.82, 2.24) is 9.55 Å². The van der Waals surface area contributed by atoms with Crippen LogP contribution in [0.15, 0.2) is 58.5 Å². The molecule has 2 heterocycles. The summed E-state index contributed by atoms with van der Waals surface area (Å²) < 4.78 is 1.62. The van der Waals surface area contributed by atoms with E-state index < -0.39 is 0 Å². The second kappa shape index (κ2) is 11.3. The van der Waals surface area contributed by atoms with Crippen LogP contribution in [0.25, 0.3) is 15.9 Å². The minimum absolute atomic E-state index is 0.0818. The van der Waals surface area contributed by atoms with E-state index in [4.69, 9.17) is 16.6 Å². The van der Waals surface area contributed by atoms with E-state index in [2.05, 4.69) is 24.1 Å². The molecule has 1 aliphatic rings. The molecule has 0 spiro atoms. The molecule has 1 amide bonds. The highest BCUT2D eigenvalue weighted by molar-refractivity contribution is 7.99. The van der Waals surface area contributed by atoms with Gasteiger partial charge in [-0.1, -0.05) is 23.4 Å². The van der Waals surface area contributed by atoms with Crippen molar-refractivity contribution in [3.8, 4) is 5.69 Å². The minimum Gasteiger partial charge on any atom is -0.372 e. The van der Waals surface area contributed by atoms with Crippen molar-refractivity contribution in [2.24, 2.45) is 0 Å². The molecule has 192 valence electrons. The first-order valence-electron chi connectivity index (χ1n) is 12.6. The van der Waals surface area contributed by atoms with E-state index in [0.29, 0.717) is 15.9 Å². The topological polar surface area (TPSA) is 67.2 Å². The molecule has 2 aromatic carbocycles. The summed E-state index contributed by atoms with van der Waals surface area (Å²) in [4.78, 5) is 35.8. The van der Waals surface area contributed by atoms with E-state index in [-0.39, 0.29) is 17.2 Å². The van der Waals surface area contributed by atoms with Gasteiger partial charge in [-0.05, 0) is 93.6 Å². The van der Waals surface area contributed by atoms with Crippen LogP contribution in [-0.2, 0) is 17.6 Å². The number of nitrogens with zero attached hydrogens (tertiary/aromatic N) is 3. The number of aromatic nitrogens is 2. The SMILES string of the molecule is CCN(CC)c1ccc(NC(=O)CSc2nc3sc4c(c3c(=O)n2-c2ccc(Cl)cc2)CCCC4)cc1. The molecule has 37 heavy (non-hydrogen) atoms. The van der Waals surface area contributed by atoms with E-state index >= 15 is 0 Å². The number of anilines is 2. The first-order chi connectivity index (χ1) is 18.0. The molecule has 5 rings (SSSR count). The molecule has 0 aliphatic heterocycles. The van der Waals surface area contributed by atoms with Gasteiger partial charge in [0.15, 0.2) is 5.16 Å². The zero-order chi connectivity index (χ0) is 25.9. The van der Waals surface area contributed by atoms with Crippen molar-refractivity contribution < 1.29 is 4.79 Å². The largest absolute Gasteiger partial charge is 0.372 e. The number of thioether (sulfide) groups is 1. The Morgan fingerprint density at radius 3 is 2.49 bits per heavy atom. The Morgan fingerprint density at radius 1 is 1.08 bits per heavy atom. The van der Waals surface area contributed by atoms with Gasteiger partial charge >= 0.3 is 0 Å². The number of benzene rings is 2. The zero-order valence-corrected chi connectivity index (χ0v) is 23.3. The van der Waals surface area contributed by atoms with Crippen LogP contribution < -0.4 is 15.8 Å². The van der Waals surface area contributed by atoms with Gasteiger partial charge in [0.25, 0.3) is 5.56 Å². The summed E-state index contributed by atoms with van der Waals surface area (Å²) in [5.74, 6) is -0.0166. The Labute approximate surface area is 229 Å². The maximum atomic E-state index is 13.8. The number of rotatable bonds is 8. The lowest BCUT2D eigenvalue weighted by Crippen LogP contribution is -2.23. The van der Waals surface area contributed by atoms with Crippen molar-refractivity contribution >= 4 is 62.2 Å². The smallest absolute Gasteiger partial charge is 0.267 e. The molecule has 2 aromatic heterocycles. The van der Waals surface area contributed by atoms with Crippen molar-refractivity contribution in [3.05, 3.63) is 74.3 Å². The maximum absolute atomic E-state index is 13.8. The number of thiophene rings is 1. The number of hydrogen-bond acceptors (Lipinski definition) is 6. The molecule has 0 fully saturated rings. The Hall–Kier alpha value is -2.81. The number of fused-ring (bicyclic) bond motifs is 3. The first-order valence-corrected chi connectivity index (χ1v) is 14.8. The van der Waals surface area contributed by atoms with E-state index in [9.17, 15) is 9.59 Å². The lowest BCUT2D eigenvalue weighted by atomic mass is 9.97. The van der Waals surface area contributed by atoms with Gasteiger partial charge in [-0.3, -0.25) is 14.2 Å². The number of aryl methyl sites for hydroxylation is 2. The molecule has 1 aliphatic carbocycles. The second-order valence-electron chi connectivity index (χ2n) is 8.96. The summed E-state index contributed by atoms with van der Waals surface area (Å²) in [6.45, 7) is 6.10. The van der Waals surface area contributed by atoms with Gasteiger partial charge in [-0.2, -0.15) is 0 Å². The number of amides is 1. The van der Waals surface area contributed by atoms with Crippen molar-refractivity contribution in [3.63, 3.8) is 0 Å². The van der Waals surface area contributed by atoms with E-state index in [0.717, 1.165) is 65.9 Å². The van der Waals surface area contributed by atoms with Gasteiger partial charge in [-0.15, -0.1) is 11.3 Å². The summed E-state index contributed by atoms with van der Waals surface area (Å²) in [7, 11) is 0. The van der Waals surface area contributed by atoms with Gasteiger partial charge < -0.3 is 10.2 Å². The Morgan fingerprint density at radius 2 is 1.78 bits per heavy atom. The molecule has 9 heteroatoms. The van der Waals surface area contributed by atoms with Crippen LogP contribution in [0.4, 0.5) is 11.4 Å². The molecule has 0 bridgehead atoms. The van der Waals surface area contributed by atoms with Gasteiger partial charge in [0.1, 0.15) is 4.83 Å². The monoisotopic (exact) mass is 552 g/mol. The fraction of sp³-hybridized carbons (Fsp3) is 0.321. The highest BCUT2D eigenvalue weighted by atomic mass is 35.5. The molecule has 0 atom stereocenters. The first kappa shape index (κ1) is 25.8. The lowest BCUT2D eigenvalue weighted by Gasteiger charge is -2.21. The van der Waals surface area contributed by atoms with Crippen LogP contribution in [0.2, 0.25) is 5.02 Å². The van der Waals surface area contributed by atoms with Crippen molar-refractivity contribution in [1.29, 1.82) is 0 Å². The number of hydrogen-bond donors (Lipinski definition) is 1. The van der Waals surface area contributed by atoms with Crippen LogP contribution in [0.1, 0.15) is 37.1 Å². The Bertz CT molecular complexity index is 1480. The summed E-state index contributed by atoms with van der Waals surface area (Å²) in [6.07, 6.45) is 4.14. The summed E-state index contributed by atoms with van der Waals surface area (Å²) in [5, 5.41) is 4.79. The van der Waals surface area contributed by atoms with E-state index in [1.54, 1.807) is 28.0 Å². The van der Waals surface area contributed by atoms with Crippen LogP contribution in [-0.4, -0.2) is 34.3 Å². The summed E-state index contributed by atoms with van der Waals surface area (Å²) in [6, 6.07) is 15.0. The van der Waals surface area contributed by atoms with Gasteiger partial charge in [-0.25, -0.2) is 4.98 Å². The zero-order valence-electron chi connectivity index (χ0n) is 20.9. The number of halogens is 1. The fourth-order valence-corrected chi connectivity index (χ4v) is 7.01. The number of carbonyl (C=O) groups excluding carboxylic acids is 1. The predicted octanol–water partition coefficient (Wildman–Crippen LogP) is 6.56. The molecule has 6 nitrogen and oxygen atoms in total. The number of nitrogens with one attached hydrogen (secondary N) is 1. The maximum Gasteiger partial charge on any atom is 0.267 e. The van der Waals surface area contributed by atoms with Crippen LogP contribution in [0, 0.1) is 0 Å². The third kappa shape index (κ3) is 5.42. The van der Waals surface area contributed by atoms with Crippen molar-refractivity contribution in [2.45, 2.75) is 44.7 Å². The third-order valence-corrected chi connectivity index (χ3v) is 9.03. The minimum atomic E-state index is -0.150. The molecule has 4 aromatic rings. The Balaban J connectivity index is 1.42. The highest BCUT2D eigenvalue weighted by Crippen LogP contribution is 2.35. The fourth-order valence-electron chi connectivity index (χ4n) is 4.77. The normalized spacial score (nSPS) is 12.9. The molecule has 0 unspecified atom stereocenters.